The fourth-order valence-corrected chi connectivity index (χ4v) is 4.40. The van der Waals surface area contributed by atoms with Crippen molar-refractivity contribution >= 4 is 23.3 Å². The second-order valence-electron chi connectivity index (χ2n) is 9.02. The molecule has 2 amide bonds. The normalized spacial score (nSPS) is 17.6. The lowest BCUT2D eigenvalue weighted by Crippen LogP contribution is -2.52. The minimum Gasteiger partial charge on any atom is -0.489 e. The highest BCUT2D eigenvalue weighted by molar-refractivity contribution is 5.94. The monoisotopic (exact) mass is 493 g/mol. The number of carbonyl (C=O) groups excluding carboxylic acids is 2. The Morgan fingerprint density at radius 2 is 1.78 bits per heavy atom. The molecule has 186 valence electrons. The number of aromatic nitrogens is 2. The van der Waals surface area contributed by atoms with Gasteiger partial charge in [-0.05, 0) is 54.1 Å². The molecule has 2 aliphatic heterocycles. The van der Waals surface area contributed by atoms with Gasteiger partial charge in [-0.25, -0.2) is 8.78 Å². The van der Waals surface area contributed by atoms with E-state index < -0.39 is 11.6 Å². The van der Waals surface area contributed by atoms with Crippen LogP contribution in [-0.2, 0) is 16.0 Å². The molecule has 0 radical (unpaired) electrons. The van der Waals surface area contributed by atoms with E-state index in [1.807, 2.05) is 17.0 Å². The quantitative estimate of drug-likeness (QED) is 0.545. The number of amides is 2. The number of hydrogen-bond donors (Lipinski definition) is 1. The van der Waals surface area contributed by atoms with Crippen LogP contribution in [0.25, 0.3) is 0 Å². The van der Waals surface area contributed by atoms with Crippen LogP contribution in [-0.4, -0.2) is 59.2 Å². The van der Waals surface area contributed by atoms with Crippen LogP contribution in [0.2, 0.25) is 0 Å². The third kappa shape index (κ3) is 5.59. The molecule has 0 spiro atoms. The summed E-state index contributed by atoms with van der Waals surface area (Å²) in [7, 11) is 0. The average Bonchev–Trinajstić information content (AvgIpc) is 3.28. The molecule has 0 bridgehead atoms. The van der Waals surface area contributed by atoms with Crippen LogP contribution in [0.1, 0.15) is 12.0 Å². The Morgan fingerprint density at radius 1 is 1.03 bits per heavy atom. The maximum Gasteiger partial charge on any atom is 0.231 e. The van der Waals surface area contributed by atoms with E-state index in [4.69, 9.17) is 4.74 Å². The highest BCUT2D eigenvalue weighted by Gasteiger charge is 2.33. The van der Waals surface area contributed by atoms with Gasteiger partial charge in [-0.1, -0.05) is 0 Å². The number of benzene rings is 2. The summed E-state index contributed by atoms with van der Waals surface area (Å²) in [4.78, 5) is 28.7. The number of carbonyl (C=O) groups is 2. The van der Waals surface area contributed by atoms with Crippen LogP contribution < -0.4 is 15.0 Å². The molecule has 1 atom stereocenters. The lowest BCUT2D eigenvalue weighted by atomic mass is 9.99. The van der Waals surface area contributed by atoms with E-state index in [0.717, 1.165) is 11.9 Å². The number of ether oxygens (including phenoxy) is 1. The molecule has 0 unspecified atom stereocenters. The fraction of sp³-hybridized carbons (Fsp3) is 0.308. The van der Waals surface area contributed by atoms with E-state index in [1.165, 1.54) is 12.1 Å². The van der Waals surface area contributed by atoms with Gasteiger partial charge in [-0.3, -0.25) is 9.59 Å². The van der Waals surface area contributed by atoms with Crippen molar-refractivity contribution in [2.45, 2.75) is 18.9 Å². The number of anilines is 2. The molecule has 1 aromatic heterocycles. The molecule has 5 rings (SSSR count). The first kappa shape index (κ1) is 23.7. The summed E-state index contributed by atoms with van der Waals surface area (Å²) in [6.07, 6.45) is 2.03. The molecule has 0 saturated carbocycles. The molecule has 3 heterocycles. The van der Waals surface area contributed by atoms with E-state index in [-0.39, 0.29) is 30.3 Å². The van der Waals surface area contributed by atoms with Gasteiger partial charge in [-0.15, -0.1) is 5.10 Å². The van der Waals surface area contributed by atoms with Gasteiger partial charge in [0.1, 0.15) is 23.5 Å². The van der Waals surface area contributed by atoms with Gasteiger partial charge in [-0.2, -0.15) is 5.10 Å². The summed E-state index contributed by atoms with van der Waals surface area (Å²) < 4.78 is 32.8. The highest BCUT2D eigenvalue weighted by atomic mass is 19.1. The van der Waals surface area contributed by atoms with E-state index in [0.29, 0.717) is 49.6 Å². The SMILES string of the molecule is O=C(Nc1ccc(O[C@@H]2CCN(C(=O)Cc3cc(F)cc(F)c3)C2)cc1)C1CN(c2cccnn2)C1. The van der Waals surface area contributed by atoms with Crippen molar-refractivity contribution in [3.05, 3.63) is 78.0 Å². The third-order valence-electron chi connectivity index (χ3n) is 6.33. The number of hydrogen-bond acceptors (Lipinski definition) is 6. The molecule has 2 aliphatic rings. The second kappa shape index (κ2) is 10.3. The number of nitrogens with one attached hydrogen (secondary N) is 1. The van der Waals surface area contributed by atoms with E-state index in [9.17, 15) is 18.4 Å². The lowest BCUT2D eigenvalue weighted by molar-refractivity contribution is -0.129. The molecule has 0 aliphatic carbocycles. The largest absolute Gasteiger partial charge is 0.489 e. The van der Waals surface area contributed by atoms with Crippen molar-refractivity contribution in [1.29, 1.82) is 0 Å². The van der Waals surface area contributed by atoms with Crippen molar-refractivity contribution in [3.8, 4) is 5.75 Å². The van der Waals surface area contributed by atoms with Gasteiger partial charge in [0.15, 0.2) is 5.82 Å². The molecule has 2 aromatic carbocycles. The Balaban J connectivity index is 1.07. The predicted octanol–water partition coefficient (Wildman–Crippen LogP) is 3.05. The molecule has 36 heavy (non-hydrogen) atoms. The molecule has 2 saturated heterocycles. The maximum absolute atomic E-state index is 13.4. The number of rotatable bonds is 7. The van der Waals surface area contributed by atoms with Gasteiger partial charge in [0.05, 0.1) is 18.9 Å². The Hall–Kier alpha value is -4.08. The minimum absolute atomic E-state index is 0.0491. The predicted molar refractivity (Wildman–Crippen MR) is 128 cm³/mol. The van der Waals surface area contributed by atoms with Crippen molar-refractivity contribution in [3.63, 3.8) is 0 Å². The fourth-order valence-electron chi connectivity index (χ4n) is 4.40. The summed E-state index contributed by atoms with van der Waals surface area (Å²) in [6, 6.07) is 13.9. The van der Waals surface area contributed by atoms with E-state index >= 15 is 0 Å². The van der Waals surface area contributed by atoms with Gasteiger partial charge < -0.3 is 19.9 Å². The zero-order valence-electron chi connectivity index (χ0n) is 19.4. The van der Waals surface area contributed by atoms with Crippen molar-refractivity contribution in [1.82, 2.24) is 15.1 Å². The van der Waals surface area contributed by atoms with Gasteiger partial charge >= 0.3 is 0 Å². The first-order valence-electron chi connectivity index (χ1n) is 11.8. The van der Waals surface area contributed by atoms with Crippen molar-refractivity contribution in [2.75, 3.05) is 36.4 Å². The van der Waals surface area contributed by atoms with Crippen LogP contribution in [0.15, 0.2) is 60.8 Å². The van der Waals surface area contributed by atoms with Crippen LogP contribution in [0.4, 0.5) is 20.3 Å². The molecule has 8 nitrogen and oxygen atoms in total. The summed E-state index contributed by atoms with van der Waals surface area (Å²) in [5.74, 6) is -0.359. The topological polar surface area (TPSA) is 87.7 Å². The van der Waals surface area contributed by atoms with E-state index in [1.54, 1.807) is 35.4 Å². The zero-order valence-corrected chi connectivity index (χ0v) is 19.4. The standard InChI is InChI=1S/C26H25F2N5O3/c27-19-10-17(11-20(28)13-19)12-25(34)32-9-7-23(16-32)36-22-5-3-21(4-6-22)30-26(35)18-14-33(15-18)24-2-1-8-29-31-24/h1-6,8,10-11,13,18,23H,7,9,12,14-16H2,(H,30,35)/t23-/m1/s1. The van der Waals surface area contributed by atoms with Crippen LogP contribution in [0.5, 0.6) is 5.75 Å². The zero-order chi connectivity index (χ0) is 25.1. The molecule has 2 fully saturated rings. The molecule has 3 aromatic rings. The van der Waals surface area contributed by atoms with Gasteiger partial charge in [0.25, 0.3) is 0 Å². The Labute approximate surface area is 206 Å². The summed E-state index contributed by atoms with van der Waals surface area (Å²) in [5, 5.41) is 10.8. The van der Waals surface area contributed by atoms with Crippen molar-refractivity contribution in [2.24, 2.45) is 5.92 Å². The maximum atomic E-state index is 13.4. The Bertz CT molecular complexity index is 1220. The third-order valence-corrected chi connectivity index (χ3v) is 6.33. The first-order valence-corrected chi connectivity index (χ1v) is 11.8. The number of nitrogens with zero attached hydrogens (tertiary/aromatic N) is 4. The lowest BCUT2D eigenvalue weighted by Gasteiger charge is -2.38. The summed E-state index contributed by atoms with van der Waals surface area (Å²) >= 11 is 0. The van der Waals surface area contributed by atoms with Crippen molar-refractivity contribution < 1.29 is 23.1 Å². The Morgan fingerprint density at radius 3 is 2.47 bits per heavy atom. The second-order valence-corrected chi connectivity index (χ2v) is 9.02. The molecular weight excluding hydrogens is 468 g/mol. The molecular formula is C26H25F2N5O3. The molecule has 10 heteroatoms. The number of likely N-dealkylation sites (tertiary alicyclic amines) is 1. The van der Waals surface area contributed by atoms with Gasteiger partial charge in [0.2, 0.25) is 11.8 Å². The average molecular weight is 494 g/mol. The summed E-state index contributed by atoms with van der Waals surface area (Å²) in [5.41, 5.74) is 0.985. The van der Waals surface area contributed by atoms with Gasteiger partial charge in [0, 0.05) is 44.0 Å². The smallest absolute Gasteiger partial charge is 0.231 e. The van der Waals surface area contributed by atoms with Crippen LogP contribution in [0, 0.1) is 17.6 Å². The molecule has 1 N–H and O–H groups in total. The van der Waals surface area contributed by atoms with Crippen LogP contribution in [0.3, 0.4) is 0 Å². The van der Waals surface area contributed by atoms with E-state index in [2.05, 4.69) is 15.5 Å². The number of halogens is 2. The highest BCUT2D eigenvalue weighted by Crippen LogP contribution is 2.25. The Kier molecular flexibility index (Phi) is 6.75. The van der Waals surface area contributed by atoms with Crippen LogP contribution >= 0.6 is 0 Å². The minimum atomic E-state index is -0.697. The first-order chi connectivity index (χ1) is 17.4. The summed E-state index contributed by atoms with van der Waals surface area (Å²) in [6.45, 7) is 2.11.